The molecule has 0 aliphatic heterocycles. The molecule has 3 nitrogen and oxygen atoms in total. The molecule has 2 unspecified atom stereocenters. The van der Waals surface area contributed by atoms with Gasteiger partial charge in [0.25, 0.3) is 0 Å². The number of nitrogens with one attached hydrogen (secondary N) is 2. The van der Waals surface area contributed by atoms with Crippen LogP contribution in [0.3, 0.4) is 0 Å². The van der Waals surface area contributed by atoms with Gasteiger partial charge in [0.1, 0.15) is 0 Å². The predicted molar refractivity (Wildman–Crippen MR) is 88.2 cm³/mol. The third-order valence-corrected chi connectivity index (χ3v) is 4.43. The Kier molecular flexibility index (Phi) is 3.75. The van der Waals surface area contributed by atoms with Crippen LogP contribution in [0, 0.1) is 11.3 Å². The van der Waals surface area contributed by atoms with Crippen molar-refractivity contribution in [3.8, 4) is 11.3 Å². The van der Waals surface area contributed by atoms with Gasteiger partial charge in [-0.05, 0) is 48.8 Å². The smallest absolute Gasteiger partial charge is 0.0650 e. The zero-order valence-electron chi connectivity index (χ0n) is 13.2. The SMILES string of the molecule is CC1CC(Nc2cccc(-c3ccn[nH]3)c2)CC(C)(C)C1. The van der Waals surface area contributed by atoms with Crippen LogP contribution in [0.25, 0.3) is 11.3 Å². The molecule has 1 aliphatic carbocycles. The monoisotopic (exact) mass is 283 g/mol. The number of nitrogens with zero attached hydrogens (tertiary/aromatic N) is 1. The second-order valence-corrected chi connectivity index (χ2v) is 7.31. The molecule has 0 bridgehead atoms. The number of H-pyrrole nitrogens is 1. The summed E-state index contributed by atoms with van der Waals surface area (Å²) < 4.78 is 0. The summed E-state index contributed by atoms with van der Waals surface area (Å²) in [7, 11) is 0. The van der Waals surface area contributed by atoms with Gasteiger partial charge in [-0.25, -0.2) is 0 Å². The maximum Gasteiger partial charge on any atom is 0.0650 e. The van der Waals surface area contributed by atoms with Crippen LogP contribution in [-0.2, 0) is 0 Å². The van der Waals surface area contributed by atoms with Crippen LogP contribution in [-0.4, -0.2) is 16.2 Å². The van der Waals surface area contributed by atoms with E-state index in [1.807, 2.05) is 6.07 Å². The van der Waals surface area contributed by atoms with Gasteiger partial charge in [-0.2, -0.15) is 5.10 Å². The van der Waals surface area contributed by atoms with Crippen LogP contribution in [0.5, 0.6) is 0 Å². The van der Waals surface area contributed by atoms with Crippen molar-refractivity contribution >= 4 is 5.69 Å². The zero-order chi connectivity index (χ0) is 14.9. The molecule has 0 radical (unpaired) electrons. The van der Waals surface area contributed by atoms with Gasteiger partial charge >= 0.3 is 0 Å². The van der Waals surface area contributed by atoms with Gasteiger partial charge in [-0.1, -0.05) is 32.9 Å². The highest BCUT2D eigenvalue weighted by Crippen LogP contribution is 2.39. The molecule has 112 valence electrons. The van der Waals surface area contributed by atoms with Crippen LogP contribution < -0.4 is 5.32 Å². The first kappa shape index (κ1) is 14.2. The highest BCUT2D eigenvalue weighted by Gasteiger charge is 2.31. The maximum absolute atomic E-state index is 4.03. The Bertz CT molecular complexity index is 586. The van der Waals surface area contributed by atoms with Crippen LogP contribution in [0.15, 0.2) is 36.5 Å². The third kappa shape index (κ3) is 3.46. The Morgan fingerprint density at radius 2 is 2.10 bits per heavy atom. The summed E-state index contributed by atoms with van der Waals surface area (Å²) in [6.45, 7) is 7.15. The van der Waals surface area contributed by atoms with E-state index in [1.54, 1.807) is 6.20 Å². The van der Waals surface area contributed by atoms with E-state index in [2.05, 4.69) is 60.6 Å². The molecular weight excluding hydrogens is 258 g/mol. The molecule has 1 fully saturated rings. The summed E-state index contributed by atoms with van der Waals surface area (Å²) in [6.07, 6.45) is 5.63. The molecule has 1 heterocycles. The third-order valence-electron chi connectivity index (χ3n) is 4.43. The van der Waals surface area contributed by atoms with Crippen molar-refractivity contribution in [2.75, 3.05) is 5.32 Å². The number of benzene rings is 1. The minimum Gasteiger partial charge on any atom is -0.382 e. The number of hydrogen-bond donors (Lipinski definition) is 2. The Balaban J connectivity index is 1.74. The van der Waals surface area contributed by atoms with E-state index in [-0.39, 0.29) is 0 Å². The molecule has 3 heteroatoms. The van der Waals surface area contributed by atoms with Crippen LogP contribution in [0.4, 0.5) is 5.69 Å². The number of anilines is 1. The fraction of sp³-hybridized carbons (Fsp3) is 0.500. The minimum absolute atomic E-state index is 0.441. The van der Waals surface area contributed by atoms with Gasteiger partial charge in [0.05, 0.1) is 5.69 Å². The largest absolute Gasteiger partial charge is 0.382 e. The van der Waals surface area contributed by atoms with Crippen molar-refractivity contribution in [3.63, 3.8) is 0 Å². The van der Waals surface area contributed by atoms with Crippen LogP contribution in [0.1, 0.15) is 40.0 Å². The van der Waals surface area contributed by atoms with Gasteiger partial charge in [-0.3, -0.25) is 5.10 Å². The lowest BCUT2D eigenvalue weighted by Gasteiger charge is -2.39. The first-order chi connectivity index (χ1) is 10.0. The number of rotatable bonds is 3. The van der Waals surface area contributed by atoms with Gasteiger partial charge in [0.2, 0.25) is 0 Å². The minimum atomic E-state index is 0.441. The molecule has 2 N–H and O–H groups in total. The van der Waals surface area contributed by atoms with Gasteiger partial charge < -0.3 is 5.32 Å². The molecule has 1 saturated carbocycles. The number of aromatic nitrogens is 2. The average molecular weight is 283 g/mol. The topological polar surface area (TPSA) is 40.7 Å². The average Bonchev–Trinajstić information content (AvgIpc) is 2.90. The number of aromatic amines is 1. The van der Waals surface area contributed by atoms with Crippen molar-refractivity contribution in [3.05, 3.63) is 36.5 Å². The second kappa shape index (κ2) is 5.55. The first-order valence-corrected chi connectivity index (χ1v) is 7.88. The molecule has 1 aromatic heterocycles. The highest BCUT2D eigenvalue weighted by molar-refractivity contribution is 5.64. The molecule has 0 spiro atoms. The molecule has 3 rings (SSSR count). The lowest BCUT2D eigenvalue weighted by Crippen LogP contribution is -2.35. The van der Waals surface area contributed by atoms with Crippen molar-refractivity contribution in [1.29, 1.82) is 0 Å². The molecule has 1 aromatic carbocycles. The Labute approximate surface area is 127 Å². The van der Waals surface area contributed by atoms with E-state index in [9.17, 15) is 0 Å². The fourth-order valence-electron chi connectivity index (χ4n) is 3.88. The van der Waals surface area contributed by atoms with Gasteiger partial charge in [-0.15, -0.1) is 0 Å². The number of hydrogen-bond acceptors (Lipinski definition) is 2. The van der Waals surface area contributed by atoms with E-state index in [0.29, 0.717) is 11.5 Å². The quantitative estimate of drug-likeness (QED) is 0.857. The predicted octanol–water partition coefficient (Wildman–Crippen LogP) is 4.70. The summed E-state index contributed by atoms with van der Waals surface area (Å²) in [5.74, 6) is 0.794. The van der Waals surface area contributed by atoms with Gasteiger partial charge in [0, 0.05) is 23.5 Å². The second-order valence-electron chi connectivity index (χ2n) is 7.31. The van der Waals surface area contributed by atoms with E-state index in [0.717, 1.165) is 11.6 Å². The first-order valence-electron chi connectivity index (χ1n) is 7.88. The zero-order valence-corrected chi connectivity index (χ0v) is 13.2. The standard InChI is InChI=1S/C18H25N3/c1-13-9-16(12-18(2,3)11-13)20-15-6-4-5-14(10-15)17-7-8-19-21-17/h4-8,10,13,16,20H,9,11-12H2,1-3H3,(H,19,21). The summed E-state index contributed by atoms with van der Waals surface area (Å²) in [5.41, 5.74) is 3.89. The maximum atomic E-state index is 4.03. The molecule has 0 amide bonds. The lowest BCUT2D eigenvalue weighted by molar-refractivity contribution is 0.178. The van der Waals surface area contributed by atoms with Crippen LogP contribution in [0.2, 0.25) is 0 Å². The molecule has 0 saturated heterocycles. The summed E-state index contributed by atoms with van der Waals surface area (Å²) in [4.78, 5) is 0. The Morgan fingerprint density at radius 3 is 2.81 bits per heavy atom. The van der Waals surface area contributed by atoms with E-state index < -0.39 is 0 Å². The lowest BCUT2D eigenvalue weighted by atomic mass is 9.70. The van der Waals surface area contributed by atoms with Crippen LogP contribution >= 0.6 is 0 Å². The van der Waals surface area contributed by atoms with Gasteiger partial charge in [0.15, 0.2) is 0 Å². The molecule has 2 aromatic rings. The fourth-order valence-corrected chi connectivity index (χ4v) is 3.88. The van der Waals surface area contributed by atoms with Crippen molar-refractivity contribution in [2.24, 2.45) is 11.3 Å². The highest BCUT2D eigenvalue weighted by atomic mass is 15.1. The Hall–Kier alpha value is -1.77. The van der Waals surface area contributed by atoms with Crippen molar-refractivity contribution in [1.82, 2.24) is 10.2 Å². The summed E-state index contributed by atoms with van der Waals surface area (Å²) >= 11 is 0. The summed E-state index contributed by atoms with van der Waals surface area (Å²) in [6, 6.07) is 11.2. The molecule has 21 heavy (non-hydrogen) atoms. The Morgan fingerprint density at radius 1 is 1.24 bits per heavy atom. The van der Waals surface area contributed by atoms with E-state index >= 15 is 0 Å². The molecule has 2 atom stereocenters. The molecular formula is C18H25N3. The summed E-state index contributed by atoms with van der Waals surface area (Å²) in [5, 5.41) is 10.8. The molecule has 1 aliphatic rings. The van der Waals surface area contributed by atoms with E-state index in [1.165, 1.54) is 30.5 Å². The normalized spacial score (nSPS) is 24.7. The van der Waals surface area contributed by atoms with E-state index in [4.69, 9.17) is 0 Å². The van der Waals surface area contributed by atoms with Crippen molar-refractivity contribution in [2.45, 2.75) is 46.1 Å². The van der Waals surface area contributed by atoms with Crippen molar-refractivity contribution < 1.29 is 0 Å².